The Bertz CT molecular complexity index is 85.1. The Balaban J connectivity index is 2.82. The van der Waals surface area contributed by atoms with Crippen LogP contribution in [-0.4, -0.2) is 49.4 Å². The molecule has 2 N–H and O–H groups in total. The molecule has 0 amide bonds. The first kappa shape index (κ1) is 11.8. The van der Waals surface area contributed by atoms with Gasteiger partial charge in [0.25, 0.3) is 0 Å². The number of hydrogen-bond acceptors (Lipinski definition) is 4. The SMILES string of the molecule is CC(O)COCCOCCCO. The van der Waals surface area contributed by atoms with Crippen molar-refractivity contribution in [3.63, 3.8) is 0 Å². The smallest absolute Gasteiger partial charge is 0.0745 e. The van der Waals surface area contributed by atoms with Gasteiger partial charge in [0.2, 0.25) is 0 Å². The number of aliphatic hydroxyl groups excluding tert-OH is 2. The molecule has 0 saturated carbocycles. The first-order valence-corrected chi connectivity index (χ1v) is 4.21. The van der Waals surface area contributed by atoms with Crippen LogP contribution in [0.1, 0.15) is 13.3 Å². The Morgan fingerprint density at radius 2 is 1.83 bits per heavy atom. The molecule has 0 aromatic carbocycles. The molecule has 4 heteroatoms. The van der Waals surface area contributed by atoms with Gasteiger partial charge in [-0.15, -0.1) is 0 Å². The summed E-state index contributed by atoms with van der Waals surface area (Å²) in [4.78, 5) is 0. The van der Waals surface area contributed by atoms with Crippen molar-refractivity contribution < 1.29 is 19.7 Å². The molecule has 0 saturated heterocycles. The van der Waals surface area contributed by atoms with Crippen LogP contribution in [0.15, 0.2) is 0 Å². The molecular weight excluding hydrogens is 160 g/mol. The van der Waals surface area contributed by atoms with E-state index < -0.39 is 6.10 Å². The molecular formula is C8H18O4. The molecule has 0 aromatic heterocycles. The van der Waals surface area contributed by atoms with Crippen LogP contribution < -0.4 is 0 Å². The van der Waals surface area contributed by atoms with E-state index in [2.05, 4.69) is 0 Å². The molecule has 0 heterocycles. The molecule has 0 aromatic rings. The van der Waals surface area contributed by atoms with Crippen molar-refractivity contribution >= 4 is 0 Å². The molecule has 0 rings (SSSR count). The minimum Gasteiger partial charge on any atom is -0.396 e. The quantitative estimate of drug-likeness (QED) is 0.505. The van der Waals surface area contributed by atoms with E-state index in [1.807, 2.05) is 0 Å². The molecule has 1 unspecified atom stereocenters. The van der Waals surface area contributed by atoms with Crippen LogP contribution in [0.4, 0.5) is 0 Å². The Kier molecular flexibility index (Phi) is 8.81. The maximum absolute atomic E-state index is 8.79. The van der Waals surface area contributed by atoms with E-state index >= 15 is 0 Å². The third kappa shape index (κ3) is 9.84. The summed E-state index contributed by atoms with van der Waals surface area (Å²) in [5.74, 6) is 0. The molecule has 0 aliphatic heterocycles. The van der Waals surface area contributed by atoms with Crippen molar-refractivity contribution in [2.24, 2.45) is 0 Å². The molecule has 0 aliphatic carbocycles. The van der Waals surface area contributed by atoms with Crippen molar-refractivity contribution in [1.82, 2.24) is 0 Å². The highest BCUT2D eigenvalue weighted by molar-refractivity contribution is 4.41. The fourth-order valence-electron chi connectivity index (χ4n) is 0.640. The van der Waals surface area contributed by atoms with Crippen LogP contribution >= 0.6 is 0 Å². The van der Waals surface area contributed by atoms with E-state index in [0.29, 0.717) is 32.8 Å². The Morgan fingerprint density at radius 3 is 2.42 bits per heavy atom. The third-order valence-corrected chi connectivity index (χ3v) is 1.18. The van der Waals surface area contributed by atoms with Crippen LogP contribution in [0, 0.1) is 0 Å². The minimum atomic E-state index is -0.414. The zero-order valence-electron chi connectivity index (χ0n) is 7.53. The summed E-state index contributed by atoms with van der Waals surface area (Å²) in [5, 5.41) is 17.2. The number of aliphatic hydroxyl groups is 2. The zero-order valence-corrected chi connectivity index (χ0v) is 7.53. The van der Waals surface area contributed by atoms with Gasteiger partial charge in [-0.2, -0.15) is 0 Å². The number of rotatable bonds is 8. The molecule has 74 valence electrons. The van der Waals surface area contributed by atoms with E-state index in [1.165, 1.54) is 0 Å². The predicted molar refractivity (Wildman–Crippen MR) is 45.0 cm³/mol. The van der Waals surface area contributed by atoms with Gasteiger partial charge in [-0.05, 0) is 13.3 Å². The average molecular weight is 178 g/mol. The molecule has 0 fully saturated rings. The van der Waals surface area contributed by atoms with Gasteiger partial charge >= 0.3 is 0 Å². The van der Waals surface area contributed by atoms with Gasteiger partial charge in [0.15, 0.2) is 0 Å². The standard InChI is InChI=1S/C8H18O4/c1-8(10)7-12-6-5-11-4-2-3-9/h8-10H,2-7H2,1H3. The van der Waals surface area contributed by atoms with Crippen molar-refractivity contribution in [3.8, 4) is 0 Å². The third-order valence-electron chi connectivity index (χ3n) is 1.18. The molecule has 12 heavy (non-hydrogen) atoms. The van der Waals surface area contributed by atoms with Gasteiger partial charge in [0.05, 0.1) is 25.9 Å². The largest absolute Gasteiger partial charge is 0.396 e. The average Bonchev–Trinajstić information content (AvgIpc) is 2.02. The summed E-state index contributed by atoms with van der Waals surface area (Å²) < 4.78 is 10.1. The van der Waals surface area contributed by atoms with Gasteiger partial charge in [-0.3, -0.25) is 0 Å². The minimum absolute atomic E-state index is 0.161. The summed E-state index contributed by atoms with van der Waals surface area (Å²) in [5.41, 5.74) is 0. The molecule has 0 radical (unpaired) electrons. The van der Waals surface area contributed by atoms with Gasteiger partial charge < -0.3 is 19.7 Å². The first-order valence-electron chi connectivity index (χ1n) is 4.21. The second-order valence-corrected chi connectivity index (χ2v) is 2.61. The summed E-state index contributed by atoms with van der Waals surface area (Å²) in [7, 11) is 0. The van der Waals surface area contributed by atoms with Gasteiger partial charge in [0.1, 0.15) is 0 Å². The highest BCUT2D eigenvalue weighted by Gasteiger charge is 1.94. The van der Waals surface area contributed by atoms with Crippen LogP contribution in [0.25, 0.3) is 0 Å². The lowest BCUT2D eigenvalue weighted by atomic mass is 10.4. The molecule has 4 nitrogen and oxygen atoms in total. The topological polar surface area (TPSA) is 58.9 Å². The Morgan fingerprint density at radius 1 is 1.17 bits per heavy atom. The fourth-order valence-corrected chi connectivity index (χ4v) is 0.640. The lowest BCUT2D eigenvalue weighted by molar-refractivity contribution is 0.00746. The zero-order chi connectivity index (χ0) is 9.23. The monoisotopic (exact) mass is 178 g/mol. The van der Waals surface area contributed by atoms with Crippen LogP contribution in [0.5, 0.6) is 0 Å². The van der Waals surface area contributed by atoms with E-state index in [4.69, 9.17) is 19.7 Å². The molecule has 0 spiro atoms. The van der Waals surface area contributed by atoms with Crippen molar-refractivity contribution in [1.29, 1.82) is 0 Å². The van der Waals surface area contributed by atoms with Crippen molar-refractivity contribution in [3.05, 3.63) is 0 Å². The van der Waals surface area contributed by atoms with Gasteiger partial charge in [-0.25, -0.2) is 0 Å². The van der Waals surface area contributed by atoms with Crippen LogP contribution in [0.3, 0.4) is 0 Å². The van der Waals surface area contributed by atoms with Crippen molar-refractivity contribution in [2.45, 2.75) is 19.4 Å². The van der Waals surface area contributed by atoms with Crippen molar-refractivity contribution in [2.75, 3.05) is 33.0 Å². The summed E-state index contributed by atoms with van der Waals surface area (Å²) in [6.45, 7) is 3.77. The second kappa shape index (κ2) is 8.93. The summed E-state index contributed by atoms with van der Waals surface area (Å²) in [6.07, 6.45) is 0.249. The molecule has 1 atom stereocenters. The van der Waals surface area contributed by atoms with E-state index in [9.17, 15) is 0 Å². The predicted octanol–water partition coefficient (Wildman–Crippen LogP) is -0.217. The normalized spacial score (nSPS) is 13.2. The van der Waals surface area contributed by atoms with E-state index in [-0.39, 0.29) is 6.61 Å². The van der Waals surface area contributed by atoms with Crippen LogP contribution in [-0.2, 0) is 9.47 Å². The van der Waals surface area contributed by atoms with E-state index in [1.54, 1.807) is 6.92 Å². The second-order valence-electron chi connectivity index (χ2n) is 2.61. The number of hydrogen-bond donors (Lipinski definition) is 2. The van der Waals surface area contributed by atoms with Gasteiger partial charge in [0, 0.05) is 13.2 Å². The highest BCUT2D eigenvalue weighted by atomic mass is 16.5. The lowest BCUT2D eigenvalue weighted by Gasteiger charge is -2.06. The maximum Gasteiger partial charge on any atom is 0.0745 e. The number of ether oxygens (including phenoxy) is 2. The van der Waals surface area contributed by atoms with Crippen LogP contribution in [0.2, 0.25) is 0 Å². The van der Waals surface area contributed by atoms with E-state index in [0.717, 1.165) is 0 Å². The summed E-state index contributed by atoms with van der Waals surface area (Å²) >= 11 is 0. The summed E-state index contributed by atoms with van der Waals surface area (Å²) in [6, 6.07) is 0. The highest BCUT2D eigenvalue weighted by Crippen LogP contribution is 1.85. The molecule has 0 aliphatic rings. The Labute approximate surface area is 73.1 Å². The Hall–Kier alpha value is -0.160. The fraction of sp³-hybridized carbons (Fsp3) is 1.00. The van der Waals surface area contributed by atoms with Gasteiger partial charge in [-0.1, -0.05) is 0 Å². The maximum atomic E-state index is 8.79. The lowest BCUT2D eigenvalue weighted by Crippen LogP contribution is -2.14. The molecule has 0 bridgehead atoms. The first-order chi connectivity index (χ1) is 5.77.